The lowest BCUT2D eigenvalue weighted by molar-refractivity contribution is 0.774. The van der Waals surface area contributed by atoms with Crippen molar-refractivity contribution in [1.29, 1.82) is 0 Å². The summed E-state index contributed by atoms with van der Waals surface area (Å²) >= 11 is 1.80. The van der Waals surface area contributed by atoms with Gasteiger partial charge in [-0.1, -0.05) is 30.0 Å². The van der Waals surface area contributed by atoms with Gasteiger partial charge in [0.25, 0.3) is 0 Å². The molecule has 0 saturated heterocycles. The number of benzene rings is 2. The second kappa shape index (κ2) is 4.25. The minimum absolute atomic E-state index is 0.385. The van der Waals surface area contributed by atoms with Crippen LogP contribution in [0.3, 0.4) is 0 Å². The molecule has 0 amide bonds. The smallest absolute Gasteiger partial charge is 0.0788 e. The Hall–Kier alpha value is -1.61. The van der Waals surface area contributed by atoms with E-state index in [2.05, 4.69) is 49.1 Å². The Balaban J connectivity index is 2.25. The van der Waals surface area contributed by atoms with E-state index >= 15 is 0 Å². The summed E-state index contributed by atoms with van der Waals surface area (Å²) in [5.74, 6) is 0. The van der Waals surface area contributed by atoms with Gasteiger partial charge >= 0.3 is 0 Å². The highest BCUT2D eigenvalue weighted by atomic mass is 32.2. The van der Waals surface area contributed by atoms with Gasteiger partial charge in [0.15, 0.2) is 0 Å². The van der Waals surface area contributed by atoms with Crippen molar-refractivity contribution in [3.63, 3.8) is 0 Å². The average Bonchev–Trinajstić information content (AvgIpc) is 2.36. The average molecular weight is 256 g/mol. The molecule has 18 heavy (non-hydrogen) atoms. The summed E-state index contributed by atoms with van der Waals surface area (Å²) in [6.45, 7) is 4.39. The van der Waals surface area contributed by atoms with Crippen LogP contribution in [0.1, 0.15) is 13.8 Å². The molecular weight excluding hydrogens is 240 g/mol. The van der Waals surface area contributed by atoms with Crippen LogP contribution in [0.25, 0.3) is 0 Å². The van der Waals surface area contributed by atoms with Crippen LogP contribution in [-0.4, -0.2) is 6.04 Å². The highest BCUT2D eigenvalue weighted by molar-refractivity contribution is 7.99. The fraction of sp³-hybridized carbons (Fsp3) is 0.200. The summed E-state index contributed by atoms with van der Waals surface area (Å²) in [6, 6.07) is 15.0. The Kier molecular flexibility index (Phi) is 2.71. The molecule has 1 heterocycles. The molecule has 92 valence electrons. The van der Waals surface area contributed by atoms with Crippen LogP contribution in [0.4, 0.5) is 17.1 Å². The van der Waals surface area contributed by atoms with Gasteiger partial charge in [-0.05, 0) is 38.1 Å². The van der Waals surface area contributed by atoms with Gasteiger partial charge in [0.2, 0.25) is 0 Å². The zero-order chi connectivity index (χ0) is 12.7. The molecule has 0 saturated carbocycles. The number of hydrogen-bond donors (Lipinski definition) is 1. The van der Waals surface area contributed by atoms with Gasteiger partial charge in [-0.15, -0.1) is 0 Å². The van der Waals surface area contributed by atoms with E-state index in [0.29, 0.717) is 6.04 Å². The molecule has 0 radical (unpaired) electrons. The van der Waals surface area contributed by atoms with Crippen molar-refractivity contribution >= 4 is 28.8 Å². The number of nitrogens with two attached hydrogens (primary N) is 1. The Bertz CT molecular complexity index is 593. The summed E-state index contributed by atoms with van der Waals surface area (Å²) in [5.41, 5.74) is 9.42. The second-order valence-corrected chi connectivity index (χ2v) is 5.81. The van der Waals surface area contributed by atoms with E-state index in [1.165, 1.54) is 15.5 Å². The SMILES string of the molecule is CC(C)N1c2ccccc2Sc2cccc(N)c21. The number of fused-ring (bicyclic) bond motifs is 2. The van der Waals surface area contributed by atoms with Crippen LogP contribution in [-0.2, 0) is 0 Å². The molecule has 0 bridgehead atoms. The molecule has 0 spiro atoms. The number of hydrogen-bond acceptors (Lipinski definition) is 3. The van der Waals surface area contributed by atoms with E-state index in [4.69, 9.17) is 5.73 Å². The number of nitrogen functional groups attached to an aromatic ring is 1. The summed E-state index contributed by atoms with van der Waals surface area (Å²) in [5, 5.41) is 0. The second-order valence-electron chi connectivity index (χ2n) is 4.73. The molecule has 2 nitrogen and oxygen atoms in total. The standard InChI is InChI=1S/C15H16N2S/c1-10(2)17-12-7-3-4-8-13(12)18-14-9-5-6-11(16)15(14)17/h3-10H,16H2,1-2H3. The fourth-order valence-electron chi connectivity index (χ4n) is 2.40. The van der Waals surface area contributed by atoms with Gasteiger partial charge < -0.3 is 10.6 Å². The van der Waals surface area contributed by atoms with Crippen LogP contribution < -0.4 is 10.6 Å². The molecule has 0 unspecified atom stereocenters. The van der Waals surface area contributed by atoms with Crippen molar-refractivity contribution in [2.75, 3.05) is 10.6 Å². The van der Waals surface area contributed by atoms with Crippen LogP contribution in [0.5, 0.6) is 0 Å². The van der Waals surface area contributed by atoms with Gasteiger partial charge in [0.1, 0.15) is 0 Å². The van der Waals surface area contributed by atoms with Crippen molar-refractivity contribution in [2.45, 2.75) is 29.7 Å². The van der Waals surface area contributed by atoms with Crippen molar-refractivity contribution in [3.05, 3.63) is 42.5 Å². The topological polar surface area (TPSA) is 29.3 Å². The van der Waals surface area contributed by atoms with E-state index in [0.717, 1.165) is 11.4 Å². The van der Waals surface area contributed by atoms with E-state index in [1.54, 1.807) is 11.8 Å². The zero-order valence-corrected chi connectivity index (χ0v) is 11.4. The van der Waals surface area contributed by atoms with Crippen molar-refractivity contribution in [3.8, 4) is 0 Å². The molecular formula is C15H16N2S. The first-order valence-corrected chi connectivity index (χ1v) is 6.94. The summed E-state index contributed by atoms with van der Waals surface area (Å²) < 4.78 is 0. The lowest BCUT2D eigenvalue weighted by Gasteiger charge is -2.36. The predicted molar refractivity (Wildman–Crippen MR) is 78.7 cm³/mol. The molecule has 3 heteroatoms. The van der Waals surface area contributed by atoms with E-state index in [-0.39, 0.29) is 0 Å². The lowest BCUT2D eigenvalue weighted by Crippen LogP contribution is -2.28. The molecule has 3 rings (SSSR count). The first kappa shape index (κ1) is 11.5. The molecule has 2 aromatic carbocycles. The predicted octanol–water partition coefficient (Wildman–Crippen LogP) is 4.28. The fourth-order valence-corrected chi connectivity index (χ4v) is 3.51. The highest BCUT2D eigenvalue weighted by Gasteiger charge is 2.26. The molecule has 0 aromatic heterocycles. The molecule has 2 aromatic rings. The van der Waals surface area contributed by atoms with Crippen LogP contribution >= 0.6 is 11.8 Å². The first-order valence-electron chi connectivity index (χ1n) is 6.13. The molecule has 1 aliphatic heterocycles. The monoisotopic (exact) mass is 256 g/mol. The molecule has 1 aliphatic rings. The van der Waals surface area contributed by atoms with Gasteiger partial charge in [0.05, 0.1) is 17.1 Å². The van der Waals surface area contributed by atoms with Crippen molar-refractivity contribution in [1.82, 2.24) is 0 Å². The maximum absolute atomic E-state index is 6.17. The van der Waals surface area contributed by atoms with Crippen LogP contribution in [0, 0.1) is 0 Å². The van der Waals surface area contributed by atoms with E-state index in [1.807, 2.05) is 12.1 Å². The summed E-state index contributed by atoms with van der Waals surface area (Å²) in [6.07, 6.45) is 0. The third-order valence-corrected chi connectivity index (χ3v) is 4.25. The number of nitrogens with zero attached hydrogens (tertiary/aromatic N) is 1. The first-order chi connectivity index (χ1) is 8.68. The Morgan fingerprint density at radius 3 is 2.50 bits per heavy atom. The van der Waals surface area contributed by atoms with E-state index in [9.17, 15) is 0 Å². The van der Waals surface area contributed by atoms with Gasteiger partial charge in [0, 0.05) is 15.8 Å². The summed E-state index contributed by atoms with van der Waals surface area (Å²) in [7, 11) is 0. The Morgan fingerprint density at radius 2 is 1.72 bits per heavy atom. The Morgan fingerprint density at radius 1 is 1.00 bits per heavy atom. The minimum Gasteiger partial charge on any atom is -0.397 e. The maximum Gasteiger partial charge on any atom is 0.0788 e. The van der Waals surface area contributed by atoms with Crippen LogP contribution in [0.15, 0.2) is 52.3 Å². The molecule has 2 N–H and O–H groups in total. The van der Waals surface area contributed by atoms with Crippen molar-refractivity contribution < 1.29 is 0 Å². The zero-order valence-electron chi connectivity index (χ0n) is 10.6. The number of rotatable bonds is 1. The van der Waals surface area contributed by atoms with Crippen molar-refractivity contribution in [2.24, 2.45) is 0 Å². The molecule has 0 atom stereocenters. The highest BCUT2D eigenvalue weighted by Crippen LogP contribution is 2.50. The Labute approximate surface area is 112 Å². The normalized spacial score (nSPS) is 13.4. The molecule has 0 aliphatic carbocycles. The summed E-state index contributed by atoms with van der Waals surface area (Å²) in [4.78, 5) is 4.86. The maximum atomic E-state index is 6.17. The third kappa shape index (κ3) is 1.66. The largest absolute Gasteiger partial charge is 0.397 e. The molecule has 0 fully saturated rings. The third-order valence-electron chi connectivity index (χ3n) is 3.13. The van der Waals surface area contributed by atoms with Gasteiger partial charge in [-0.2, -0.15) is 0 Å². The van der Waals surface area contributed by atoms with E-state index < -0.39 is 0 Å². The van der Waals surface area contributed by atoms with Crippen LogP contribution in [0.2, 0.25) is 0 Å². The quantitative estimate of drug-likeness (QED) is 0.772. The minimum atomic E-state index is 0.385. The number of anilines is 3. The van der Waals surface area contributed by atoms with Gasteiger partial charge in [-0.3, -0.25) is 0 Å². The lowest BCUT2D eigenvalue weighted by atomic mass is 10.1. The van der Waals surface area contributed by atoms with Gasteiger partial charge in [-0.25, -0.2) is 0 Å². The number of para-hydroxylation sites is 2.